The smallest absolute Gasteiger partial charge is 0.235 e. The Morgan fingerprint density at radius 3 is 2.84 bits per heavy atom. The molecule has 0 saturated heterocycles. The van der Waals surface area contributed by atoms with E-state index in [9.17, 15) is 4.79 Å². The Balaban J connectivity index is 1.34. The van der Waals surface area contributed by atoms with Crippen molar-refractivity contribution < 1.29 is 4.79 Å². The van der Waals surface area contributed by atoms with E-state index in [0.29, 0.717) is 5.82 Å². The molecule has 3 N–H and O–H groups in total. The highest BCUT2D eigenvalue weighted by atomic mass is 16.2. The van der Waals surface area contributed by atoms with Crippen LogP contribution in [0.3, 0.4) is 0 Å². The molecule has 1 fully saturated rings. The SMILES string of the molecule is Cc1ccc2c(c1)[C@]1(C[C@H]1c1ccc3c(Nc4nc(C)cnc4C)n[nH]c3c1)C(=O)N2. The van der Waals surface area contributed by atoms with Gasteiger partial charge in [0.2, 0.25) is 5.91 Å². The molecule has 0 radical (unpaired) electrons. The zero-order valence-electron chi connectivity index (χ0n) is 17.6. The number of aryl methyl sites for hydroxylation is 3. The van der Waals surface area contributed by atoms with Crippen molar-refractivity contribution in [3.8, 4) is 0 Å². The molecular weight excluding hydrogens is 388 g/mol. The average molecular weight is 410 g/mol. The molecule has 2 aromatic heterocycles. The van der Waals surface area contributed by atoms with E-state index in [4.69, 9.17) is 0 Å². The normalized spacial score (nSPS) is 21.4. The molecule has 7 nitrogen and oxygen atoms in total. The molecule has 7 heteroatoms. The molecule has 0 bridgehead atoms. The lowest BCUT2D eigenvalue weighted by Gasteiger charge is -2.10. The summed E-state index contributed by atoms with van der Waals surface area (Å²) in [6.45, 7) is 5.90. The van der Waals surface area contributed by atoms with Crippen LogP contribution in [0, 0.1) is 20.8 Å². The van der Waals surface area contributed by atoms with Crippen molar-refractivity contribution in [2.45, 2.75) is 38.5 Å². The topological polar surface area (TPSA) is 95.6 Å². The van der Waals surface area contributed by atoms with Gasteiger partial charge >= 0.3 is 0 Å². The molecule has 2 aromatic carbocycles. The molecule has 2 aliphatic rings. The van der Waals surface area contributed by atoms with Crippen molar-refractivity contribution in [1.82, 2.24) is 20.2 Å². The second kappa shape index (κ2) is 6.14. The average Bonchev–Trinajstić information content (AvgIpc) is 3.31. The maximum Gasteiger partial charge on any atom is 0.235 e. The van der Waals surface area contributed by atoms with Gasteiger partial charge in [0, 0.05) is 23.2 Å². The van der Waals surface area contributed by atoms with E-state index in [0.717, 1.165) is 51.3 Å². The summed E-state index contributed by atoms with van der Waals surface area (Å²) in [6, 6.07) is 12.5. The molecule has 31 heavy (non-hydrogen) atoms. The summed E-state index contributed by atoms with van der Waals surface area (Å²) in [6.07, 6.45) is 2.58. The number of benzene rings is 2. The number of nitrogens with one attached hydrogen (secondary N) is 3. The van der Waals surface area contributed by atoms with Gasteiger partial charge in [-0.2, -0.15) is 5.10 Å². The summed E-state index contributed by atoms with van der Waals surface area (Å²) in [5, 5.41) is 14.9. The van der Waals surface area contributed by atoms with Crippen LogP contribution in [-0.4, -0.2) is 26.1 Å². The molecule has 1 aliphatic heterocycles. The third kappa shape index (κ3) is 2.59. The van der Waals surface area contributed by atoms with Gasteiger partial charge in [-0.25, -0.2) is 4.98 Å². The Labute approximate surface area is 179 Å². The molecule has 1 aliphatic carbocycles. The number of aromatic amines is 1. The van der Waals surface area contributed by atoms with E-state index < -0.39 is 5.41 Å². The van der Waals surface area contributed by atoms with Crippen LogP contribution in [0.1, 0.15) is 40.4 Å². The second-order valence-corrected chi connectivity index (χ2v) is 8.68. The first-order valence-electron chi connectivity index (χ1n) is 10.4. The van der Waals surface area contributed by atoms with Gasteiger partial charge in [-0.15, -0.1) is 0 Å². The minimum absolute atomic E-state index is 0.110. The predicted octanol–water partition coefficient (Wildman–Crippen LogP) is 4.40. The van der Waals surface area contributed by atoms with Crippen molar-refractivity contribution in [2.75, 3.05) is 10.6 Å². The maximum absolute atomic E-state index is 12.9. The lowest BCUT2D eigenvalue weighted by atomic mass is 9.91. The highest BCUT2D eigenvalue weighted by Gasteiger charge is 2.65. The van der Waals surface area contributed by atoms with Crippen molar-refractivity contribution in [1.29, 1.82) is 0 Å². The predicted molar refractivity (Wildman–Crippen MR) is 120 cm³/mol. The van der Waals surface area contributed by atoms with E-state index in [1.807, 2.05) is 26.0 Å². The molecule has 1 saturated carbocycles. The number of anilines is 3. The monoisotopic (exact) mass is 410 g/mol. The van der Waals surface area contributed by atoms with Gasteiger partial charge < -0.3 is 10.6 Å². The van der Waals surface area contributed by atoms with Crippen LogP contribution in [0.15, 0.2) is 42.6 Å². The van der Waals surface area contributed by atoms with Gasteiger partial charge in [-0.1, -0.05) is 23.8 Å². The molecular formula is C24H22N6O. The minimum atomic E-state index is -0.440. The summed E-state index contributed by atoms with van der Waals surface area (Å²) in [4.78, 5) is 21.8. The molecule has 4 aromatic rings. The lowest BCUT2D eigenvalue weighted by molar-refractivity contribution is -0.118. The number of carbonyl (C=O) groups is 1. The van der Waals surface area contributed by atoms with Crippen LogP contribution in [0.5, 0.6) is 0 Å². The summed E-state index contributed by atoms with van der Waals surface area (Å²) in [5.41, 5.74) is 6.56. The zero-order valence-corrected chi connectivity index (χ0v) is 17.6. The number of aromatic nitrogens is 4. The summed E-state index contributed by atoms with van der Waals surface area (Å²) >= 11 is 0. The Morgan fingerprint density at radius 2 is 1.97 bits per heavy atom. The first-order chi connectivity index (χ1) is 15.0. The summed E-state index contributed by atoms with van der Waals surface area (Å²) in [5.74, 6) is 1.70. The molecule has 3 heterocycles. The van der Waals surface area contributed by atoms with Crippen molar-refractivity contribution in [3.05, 3.63) is 70.7 Å². The number of rotatable bonds is 3. The van der Waals surface area contributed by atoms with Crippen molar-refractivity contribution >= 4 is 34.1 Å². The van der Waals surface area contributed by atoms with Gasteiger partial charge in [0.25, 0.3) is 0 Å². The highest BCUT2D eigenvalue weighted by molar-refractivity contribution is 6.10. The highest BCUT2D eigenvalue weighted by Crippen LogP contribution is 2.65. The molecule has 0 unspecified atom stereocenters. The van der Waals surface area contributed by atoms with Gasteiger partial charge in [0.15, 0.2) is 11.6 Å². The quantitative estimate of drug-likeness (QED) is 0.465. The van der Waals surface area contributed by atoms with Crippen LogP contribution in [0.25, 0.3) is 10.9 Å². The van der Waals surface area contributed by atoms with Crippen molar-refractivity contribution in [3.63, 3.8) is 0 Å². The Kier molecular flexibility index (Phi) is 3.57. The van der Waals surface area contributed by atoms with Crippen LogP contribution >= 0.6 is 0 Å². The molecule has 154 valence electrons. The van der Waals surface area contributed by atoms with E-state index in [1.165, 1.54) is 5.56 Å². The number of H-pyrrole nitrogens is 1. The fourth-order valence-corrected chi connectivity index (χ4v) is 4.82. The van der Waals surface area contributed by atoms with Gasteiger partial charge in [-0.05, 0) is 56.5 Å². The third-order valence-electron chi connectivity index (χ3n) is 6.57. The Bertz CT molecular complexity index is 1390. The van der Waals surface area contributed by atoms with E-state index in [2.05, 4.69) is 62.0 Å². The second-order valence-electron chi connectivity index (χ2n) is 8.68. The molecule has 1 amide bonds. The zero-order chi connectivity index (χ0) is 21.3. The Hall–Kier alpha value is -3.74. The number of fused-ring (bicyclic) bond motifs is 3. The first-order valence-corrected chi connectivity index (χ1v) is 10.4. The van der Waals surface area contributed by atoms with Crippen LogP contribution < -0.4 is 10.6 Å². The number of amides is 1. The number of hydrogen-bond donors (Lipinski definition) is 3. The first kappa shape index (κ1) is 18.1. The Morgan fingerprint density at radius 1 is 1.10 bits per heavy atom. The standard InChI is InChI=1S/C24H22N6O/c1-12-4-7-19-17(8-12)24(23(31)27-19)10-18(24)15-5-6-16-20(9-15)29-30-22(16)28-21-14(3)25-11-13(2)26-21/h4-9,11,18H,10H2,1-3H3,(H,27,31)(H2,26,28,29,30)/t18-,24-/m0/s1. The summed E-state index contributed by atoms with van der Waals surface area (Å²) < 4.78 is 0. The van der Waals surface area contributed by atoms with Crippen LogP contribution in [0.4, 0.5) is 17.3 Å². The number of nitrogens with zero attached hydrogens (tertiary/aromatic N) is 3. The van der Waals surface area contributed by atoms with Gasteiger partial charge in [-0.3, -0.25) is 14.9 Å². The van der Waals surface area contributed by atoms with Crippen molar-refractivity contribution in [2.24, 2.45) is 0 Å². The maximum atomic E-state index is 12.9. The third-order valence-corrected chi connectivity index (χ3v) is 6.57. The van der Waals surface area contributed by atoms with E-state index in [1.54, 1.807) is 6.20 Å². The van der Waals surface area contributed by atoms with Gasteiger partial charge in [0.05, 0.1) is 22.3 Å². The lowest BCUT2D eigenvalue weighted by Crippen LogP contribution is -2.21. The number of carbonyl (C=O) groups excluding carboxylic acids is 1. The van der Waals surface area contributed by atoms with Gasteiger partial charge in [0.1, 0.15) is 0 Å². The fourth-order valence-electron chi connectivity index (χ4n) is 4.82. The minimum Gasteiger partial charge on any atom is -0.325 e. The van der Waals surface area contributed by atoms with E-state index >= 15 is 0 Å². The molecule has 1 spiro atoms. The fraction of sp³-hybridized carbons (Fsp3) is 0.250. The largest absolute Gasteiger partial charge is 0.325 e. The molecule has 2 atom stereocenters. The van der Waals surface area contributed by atoms with Crippen LogP contribution in [0.2, 0.25) is 0 Å². The molecule has 6 rings (SSSR count). The number of hydrogen-bond acceptors (Lipinski definition) is 5. The van der Waals surface area contributed by atoms with E-state index in [-0.39, 0.29) is 11.8 Å². The van der Waals surface area contributed by atoms with Crippen LogP contribution in [-0.2, 0) is 10.2 Å². The summed E-state index contributed by atoms with van der Waals surface area (Å²) in [7, 11) is 0.